The molecule has 0 N–H and O–H groups in total. The number of carbonyl (C=O) groups excluding carboxylic acids is 2. The minimum Gasteiger partial charge on any atom is -0.465 e. The van der Waals surface area contributed by atoms with Crippen molar-refractivity contribution in [2.24, 2.45) is 5.92 Å². The Labute approximate surface area is 113 Å². The van der Waals surface area contributed by atoms with E-state index in [2.05, 4.69) is 13.8 Å². The molecule has 5 nitrogen and oxygen atoms in total. The van der Waals surface area contributed by atoms with Crippen molar-refractivity contribution < 1.29 is 19.1 Å². The quantitative estimate of drug-likeness (QED) is 0.723. The molecule has 106 valence electrons. The van der Waals surface area contributed by atoms with Crippen LogP contribution < -0.4 is 0 Å². The first-order chi connectivity index (χ1) is 8.92. The Kier molecular flexibility index (Phi) is 5.15. The second kappa shape index (κ2) is 6.41. The van der Waals surface area contributed by atoms with Crippen molar-refractivity contribution in [3.63, 3.8) is 0 Å². The molecule has 0 saturated heterocycles. The number of carbonyl (C=O) groups is 2. The monoisotopic (exact) mass is 267 g/mol. The first kappa shape index (κ1) is 15.3. The van der Waals surface area contributed by atoms with E-state index >= 15 is 0 Å². The molecule has 0 aromatic carbocycles. The molecule has 1 unspecified atom stereocenters. The zero-order valence-electron chi connectivity index (χ0n) is 12.1. The van der Waals surface area contributed by atoms with Crippen LogP contribution in [0.4, 0.5) is 0 Å². The van der Waals surface area contributed by atoms with Gasteiger partial charge in [0.1, 0.15) is 5.70 Å². The van der Waals surface area contributed by atoms with Crippen LogP contribution >= 0.6 is 0 Å². The van der Waals surface area contributed by atoms with Gasteiger partial charge in [0.15, 0.2) is 0 Å². The molecule has 0 aromatic heterocycles. The number of hydrogen-bond donors (Lipinski definition) is 0. The molecule has 5 heteroatoms. The minimum atomic E-state index is -0.530. The summed E-state index contributed by atoms with van der Waals surface area (Å²) in [5.41, 5.74) is 0.520. The molecule has 19 heavy (non-hydrogen) atoms. The molecule has 0 spiro atoms. The highest BCUT2D eigenvalue weighted by molar-refractivity contribution is 6.02. The van der Waals surface area contributed by atoms with Gasteiger partial charge in [0.25, 0.3) is 0 Å². The van der Waals surface area contributed by atoms with Crippen molar-refractivity contribution in [2.45, 2.75) is 26.8 Å². The van der Waals surface area contributed by atoms with Crippen molar-refractivity contribution in [3.8, 4) is 0 Å². The number of rotatable bonds is 4. The maximum atomic E-state index is 12.0. The number of esters is 2. The number of ether oxygens (including phenoxy) is 2. The maximum absolute atomic E-state index is 12.0. The molecule has 1 heterocycles. The molecule has 0 fully saturated rings. The van der Waals surface area contributed by atoms with Crippen molar-refractivity contribution >= 4 is 11.9 Å². The van der Waals surface area contributed by atoms with E-state index in [9.17, 15) is 9.59 Å². The van der Waals surface area contributed by atoms with Gasteiger partial charge < -0.3 is 14.4 Å². The SMILES string of the molecule is COC(=O)C1=C(C(=O)OC)N(CC(C)C)C(C)C=C1. The average Bonchev–Trinajstić information content (AvgIpc) is 2.38. The first-order valence-electron chi connectivity index (χ1n) is 6.28. The molecule has 1 aliphatic heterocycles. The van der Waals surface area contributed by atoms with E-state index in [4.69, 9.17) is 9.47 Å². The van der Waals surface area contributed by atoms with Crippen LogP contribution in [0, 0.1) is 5.92 Å². The van der Waals surface area contributed by atoms with Crippen LogP contribution in [0.25, 0.3) is 0 Å². The molecular weight excluding hydrogens is 246 g/mol. The lowest BCUT2D eigenvalue weighted by atomic mass is 10.0. The highest BCUT2D eigenvalue weighted by Crippen LogP contribution is 2.24. The third kappa shape index (κ3) is 3.36. The highest BCUT2D eigenvalue weighted by Gasteiger charge is 2.31. The summed E-state index contributed by atoms with van der Waals surface area (Å²) in [6.07, 6.45) is 3.50. The average molecular weight is 267 g/mol. The Bertz CT molecular complexity index is 423. The Balaban J connectivity index is 3.27. The van der Waals surface area contributed by atoms with Crippen LogP contribution in [-0.4, -0.2) is 43.6 Å². The van der Waals surface area contributed by atoms with Crippen LogP contribution in [0.5, 0.6) is 0 Å². The van der Waals surface area contributed by atoms with Crippen LogP contribution in [0.3, 0.4) is 0 Å². The van der Waals surface area contributed by atoms with Crippen LogP contribution in [0.2, 0.25) is 0 Å². The van der Waals surface area contributed by atoms with Crippen molar-refractivity contribution in [2.75, 3.05) is 20.8 Å². The summed E-state index contributed by atoms with van der Waals surface area (Å²) in [6, 6.07) is 0.0323. The Morgan fingerprint density at radius 1 is 1.26 bits per heavy atom. The van der Waals surface area contributed by atoms with E-state index in [-0.39, 0.29) is 17.3 Å². The van der Waals surface area contributed by atoms with Crippen molar-refractivity contribution in [3.05, 3.63) is 23.4 Å². The molecule has 1 aliphatic rings. The molecule has 0 bridgehead atoms. The number of hydrogen-bond acceptors (Lipinski definition) is 5. The van der Waals surface area contributed by atoms with E-state index in [0.29, 0.717) is 12.5 Å². The summed E-state index contributed by atoms with van der Waals surface area (Å²) < 4.78 is 9.52. The molecule has 0 saturated carbocycles. The lowest BCUT2D eigenvalue weighted by Crippen LogP contribution is -2.41. The van der Waals surface area contributed by atoms with Gasteiger partial charge in [-0.05, 0) is 18.9 Å². The van der Waals surface area contributed by atoms with E-state index in [1.807, 2.05) is 17.9 Å². The molecule has 1 rings (SSSR count). The molecule has 0 aliphatic carbocycles. The Morgan fingerprint density at radius 2 is 1.84 bits per heavy atom. The van der Waals surface area contributed by atoms with Gasteiger partial charge in [-0.2, -0.15) is 0 Å². The smallest absolute Gasteiger partial charge is 0.355 e. The van der Waals surface area contributed by atoms with E-state index in [0.717, 1.165) is 0 Å². The summed E-state index contributed by atoms with van der Waals surface area (Å²) in [6.45, 7) is 6.74. The second-order valence-electron chi connectivity index (χ2n) is 4.89. The third-order valence-electron chi connectivity index (χ3n) is 2.92. The van der Waals surface area contributed by atoms with E-state index < -0.39 is 11.9 Å². The standard InChI is InChI=1S/C14H21NO4/c1-9(2)8-15-10(3)6-7-11(13(16)18-4)12(15)14(17)19-5/h6-7,9-10H,8H2,1-5H3. The summed E-state index contributed by atoms with van der Waals surface area (Å²) in [5.74, 6) is -0.693. The fraction of sp³-hybridized carbons (Fsp3) is 0.571. The van der Waals surface area contributed by atoms with Gasteiger partial charge >= 0.3 is 11.9 Å². The summed E-state index contributed by atoms with van der Waals surface area (Å²) in [4.78, 5) is 25.6. The van der Waals surface area contributed by atoms with E-state index in [1.54, 1.807) is 6.08 Å². The lowest BCUT2D eigenvalue weighted by Gasteiger charge is -2.35. The molecule has 1 atom stereocenters. The van der Waals surface area contributed by atoms with Gasteiger partial charge in [-0.3, -0.25) is 0 Å². The normalized spacial score (nSPS) is 18.8. The van der Waals surface area contributed by atoms with Crippen LogP contribution in [-0.2, 0) is 19.1 Å². The van der Waals surface area contributed by atoms with Gasteiger partial charge in [-0.1, -0.05) is 19.9 Å². The molecule has 0 radical (unpaired) electrons. The summed E-state index contributed by atoms with van der Waals surface area (Å²) in [7, 11) is 2.60. The Hall–Kier alpha value is -1.78. The Morgan fingerprint density at radius 3 is 2.32 bits per heavy atom. The minimum absolute atomic E-state index is 0.0323. The summed E-state index contributed by atoms with van der Waals surface area (Å²) in [5, 5.41) is 0. The first-order valence-corrected chi connectivity index (χ1v) is 6.28. The second-order valence-corrected chi connectivity index (χ2v) is 4.89. The van der Waals surface area contributed by atoms with Gasteiger partial charge in [0.2, 0.25) is 0 Å². The number of methoxy groups -OCH3 is 2. The third-order valence-corrected chi connectivity index (χ3v) is 2.92. The fourth-order valence-corrected chi connectivity index (χ4v) is 2.03. The molecule has 0 amide bonds. The van der Waals surface area contributed by atoms with Crippen molar-refractivity contribution in [1.82, 2.24) is 4.90 Å². The van der Waals surface area contributed by atoms with Gasteiger partial charge in [0.05, 0.1) is 19.8 Å². The predicted octanol–water partition coefficient (Wildman–Crippen LogP) is 1.50. The molecule has 0 aromatic rings. The van der Waals surface area contributed by atoms with Gasteiger partial charge in [-0.25, -0.2) is 9.59 Å². The topological polar surface area (TPSA) is 55.8 Å². The number of nitrogens with zero attached hydrogens (tertiary/aromatic N) is 1. The maximum Gasteiger partial charge on any atom is 0.355 e. The fourth-order valence-electron chi connectivity index (χ4n) is 2.03. The van der Waals surface area contributed by atoms with Gasteiger partial charge in [0, 0.05) is 12.6 Å². The highest BCUT2D eigenvalue weighted by atomic mass is 16.5. The van der Waals surface area contributed by atoms with Crippen LogP contribution in [0.15, 0.2) is 23.4 Å². The predicted molar refractivity (Wildman–Crippen MR) is 71.2 cm³/mol. The zero-order valence-corrected chi connectivity index (χ0v) is 12.1. The van der Waals surface area contributed by atoms with Crippen LogP contribution in [0.1, 0.15) is 20.8 Å². The largest absolute Gasteiger partial charge is 0.465 e. The van der Waals surface area contributed by atoms with Crippen molar-refractivity contribution in [1.29, 1.82) is 0 Å². The van der Waals surface area contributed by atoms with E-state index in [1.165, 1.54) is 14.2 Å². The lowest BCUT2D eigenvalue weighted by molar-refractivity contribution is -0.141. The summed E-state index contributed by atoms with van der Waals surface area (Å²) >= 11 is 0. The van der Waals surface area contributed by atoms with Gasteiger partial charge in [-0.15, -0.1) is 0 Å². The molecular formula is C14H21NO4. The zero-order chi connectivity index (χ0) is 14.6.